The van der Waals surface area contributed by atoms with E-state index in [0.29, 0.717) is 12.0 Å². The molecule has 1 aromatic carbocycles. The summed E-state index contributed by atoms with van der Waals surface area (Å²) in [6.07, 6.45) is 2.41. The molecule has 2 unspecified atom stereocenters. The van der Waals surface area contributed by atoms with Crippen molar-refractivity contribution < 1.29 is 4.74 Å². The minimum absolute atomic E-state index is 0.618. The number of hydrogen-bond acceptors (Lipinski definition) is 3. The molecule has 1 N–H and O–H groups in total. The lowest BCUT2D eigenvalue weighted by molar-refractivity contribution is 0.155. The maximum Gasteiger partial charge on any atom is 0.0622 e. The van der Waals surface area contributed by atoms with Crippen molar-refractivity contribution in [1.82, 2.24) is 4.90 Å². The molecule has 3 heteroatoms. The molecule has 3 nitrogen and oxygen atoms in total. The van der Waals surface area contributed by atoms with E-state index in [-0.39, 0.29) is 0 Å². The minimum Gasteiger partial charge on any atom is -0.385 e. The second-order valence-electron chi connectivity index (χ2n) is 5.46. The van der Waals surface area contributed by atoms with Gasteiger partial charge in [0, 0.05) is 37.3 Å². The molecule has 0 aliphatic carbocycles. The standard InChI is InChI=1S/C15H22N2O/c1-17(13-7-9-18-11-13)10-12-6-8-16-15-5-3-2-4-14(12)15/h2-5,12-13,16H,6-11H2,1H3. The number of hydrogen-bond donors (Lipinski definition) is 1. The number of benzene rings is 1. The molecule has 2 aliphatic heterocycles. The van der Waals surface area contributed by atoms with Crippen LogP contribution in [0.3, 0.4) is 0 Å². The van der Waals surface area contributed by atoms with Crippen LogP contribution in [0.25, 0.3) is 0 Å². The number of nitrogens with zero attached hydrogens (tertiary/aromatic N) is 1. The molecule has 2 heterocycles. The molecule has 98 valence electrons. The summed E-state index contributed by atoms with van der Waals surface area (Å²) < 4.78 is 5.48. The molecule has 2 atom stereocenters. The van der Waals surface area contributed by atoms with Crippen molar-refractivity contribution in [1.29, 1.82) is 0 Å². The first-order valence-corrected chi connectivity index (χ1v) is 6.95. The highest BCUT2D eigenvalue weighted by molar-refractivity contribution is 5.54. The quantitative estimate of drug-likeness (QED) is 0.885. The predicted octanol–water partition coefficient (Wildman–Crippen LogP) is 2.31. The van der Waals surface area contributed by atoms with Gasteiger partial charge in [0.05, 0.1) is 6.61 Å². The zero-order valence-electron chi connectivity index (χ0n) is 11.1. The van der Waals surface area contributed by atoms with E-state index in [1.165, 1.54) is 24.1 Å². The molecule has 1 fully saturated rings. The van der Waals surface area contributed by atoms with Crippen molar-refractivity contribution in [2.24, 2.45) is 0 Å². The van der Waals surface area contributed by atoms with Gasteiger partial charge >= 0.3 is 0 Å². The van der Waals surface area contributed by atoms with Gasteiger partial charge in [-0.3, -0.25) is 0 Å². The first kappa shape index (κ1) is 12.0. The van der Waals surface area contributed by atoms with Crippen molar-refractivity contribution in [3.63, 3.8) is 0 Å². The van der Waals surface area contributed by atoms with E-state index < -0.39 is 0 Å². The maximum atomic E-state index is 5.48. The average molecular weight is 246 g/mol. The number of ether oxygens (including phenoxy) is 1. The molecule has 0 bridgehead atoms. The third-order valence-corrected chi connectivity index (χ3v) is 4.25. The van der Waals surface area contributed by atoms with Gasteiger partial charge in [-0.1, -0.05) is 18.2 Å². The van der Waals surface area contributed by atoms with Crippen LogP contribution in [-0.2, 0) is 4.74 Å². The molecule has 0 spiro atoms. The van der Waals surface area contributed by atoms with Gasteiger partial charge < -0.3 is 15.0 Å². The lowest BCUT2D eigenvalue weighted by Crippen LogP contribution is -2.36. The van der Waals surface area contributed by atoms with E-state index in [4.69, 9.17) is 4.74 Å². The summed E-state index contributed by atoms with van der Waals surface area (Å²) >= 11 is 0. The van der Waals surface area contributed by atoms with Crippen LogP contribution in [0, 0.1) is 0 Å². The van der Waals surface area contributed by atoms with Gasteiger partial charge in [-0.15, -0.1) is 0 Å². The fraction of sp³-hybridized carbons (Fsp3) is 0.600. The Balaban J connectivity index is 1.70. The molecule has 1 aromatic rings. The molecular formula is C15H22N2O. The van der Waals surface area contributed by atoms with E-state index in [2.05, 4.69) is 41.5 Å². The molecule has 0 saturated carbocycles. The van der Waals surface area contributed by atoms with Crippen molar-refractivity contribution in [2.75, 3.05) is 38.7 Å². The first-order valence-electron chi connectivity index (χ1n) is 6.95. The van der Waals surface area contributed by atoms with Crippen LogP contribution in [0.5, 0.6) is 0 Å². The SMILES string of the molecule is CN(CC1CCNc2ccccc21)C1CCOC1. The van der Waals surface area contributed by atoms with Crippen molar-refractivity contribution >= 4 is 5.69 Å². The summed E-state index contributed by atoms with van der Waals surface area (Å²) in [5.41, 5.74) is 2.80. The minimum atomic E-state index is 0.618. The van der Waals surface area contributed by atoms with E-state index in [9.17, 15) is 0 Å². The predicted molar refractivity (Wildman–Crippen MR) is 74.1 cm³/mol. The summed E-state index contributed by atoms with van der Waals surface area (Å²) in [7, 11) is 2.24. The van der Waals surface area contributed by atoms with E-state index in [1.54, 1.807) is 0 Å². The van der Waals surface area contributed by atoms with Crippen molar-refractivity contribution in [2.45, 2.75) is 24.8 Å². The fourth-order valence-corrected chi connectivity index (χ4v) is 3.11. The Hall–Kier alpha value is -1.06. The lowest BCUT2D eigenvalue weighted by Gasteiger charge is -2.32. The van der Waals surface area contributed by atoms with E-state index in [0.717, 1.165) is 26.3 Å². The second kappa shape index (κ2) is 5.29. The Morgan fingerprint density at radius 1 is 1.33 bits per heavy atom. The zero-order chi connectivity index (χ0) is 12.4. The van der Waals surface area contributed by atoms with Crippen LogP contribution in [0.4, 0.5) is 5.69 Å². The molecule has 0 amide bonds. The molecule has 1 saturated heterocycles. The number of fused-ring (bicyclic) bond motifs is 1. The number of para-hydroxylation sites is 1. The first-order chi connectivity index (χ1) is 8.84. The van der Waals surface area contributed by atoms with Gasteiger partial charge in [0.2, 0.25) is 0 Å². The van der Waals surface area contributed by atoms with Crippen LogP contribution in [0.2, 0.25) is 0 Å². The number of likely N-dealkylation sites (N-methyl/N-ethyl adjacent to an activating group) is 1. The molecule has 3 rings (SSSR count). The monoisotopic (exact) mass is 246 g/mol. The summed E-state index contributed by atoms with van der Waals surface area (Å²) in [4.78, 5) is 2.49. The van der Waals surface area contributed by atoms with E-state index in [1.807, 2.05) is 0 Å². The highest BCUT2D eigenvalue weighted by Gasteiger charge is 2.25. The Bertz CT molecular complexity index is 401. The highest BCUT2D eigenvalue weighted by Crippen LogP contribution is 2.32. The van der Waals surface area contributed by atoms with Gasteiger partial charge in [0.1, 0.15) is 0 Å². The van der Waals surface area contributed by atoms with Crippen LogP contribution in [0.15, 0.2) is 24.3 Å². The fourth-order valence-electron chi connectivity index (χ4n) is 3.11. The Kier molecular flexibility index (Phi) is 3.52. The van der Waals surface area contributed by atoms with Crippen LogP contribution in [0.1, 0.15) is 24.3 Å². The van der Waals surface area contributed by atoms with Crippen molar-refractivity contribution in [3.05, 3.63) is 29.8 Å². The average Bonchev–Trinajstić information content (AvgIpc) is 2.93. The third-order valence-electron chi connectivity index (χ3n) is 4.25. The summed E-state index contributed by atoms with van der Waals surface area (Å²) in [6, 6.07) is 9.35. The number of rotatable bonds is 3. The van der Waals surface area contributed by atoms with Gasteiger partial charge in [0.25, 0.3) is 0 Å². The molecule has 0 radical (unpaired) electrons. The molecular weight excluding hydrogens is 224 g/mol. The summed E-state index contributed by atoms with van der Waals surface area (Å²) in [5, 5.41) is 3.49. The van der Waals surface area contributed by atoms with Crippen LogP contribution < -0.4 is 5.32 Å². The molecule has 18 heavy (non-hydrogen) atoms. The highest BCUT2D eigenvalue weighted by atomic mass is 16.5. The summed E-state index contributed by atoms with van der Waals surface area (Å²) in [6.45, 7) is 4.07. The largest absolute Gasteiger partial charge is 0.385 e. The van der Waals surface area contributed by atoms with Gasteiger partial charge in [-0.05, 0) is 31.5 Å². The normalized spacial score (nSPS) is 27.0. The van der Waals surface area contributed by atoms with Crippen molar-refractivity contribution in [3.8, 4) is 0 Å². The third kappa shape index (κ3) is 2.38. The lowest BCUT2D eigenvalue weighted by atomic mass is 9.90. The van der Waals surface area contributed by atoms with Gasteiger partial charge in [-0.25, -0.2) is 0 Å². The molecule has 2 aliphatic rings. The van der Waals surface area contributed by atoms with E-state index >= 15 is 0 Å². The Morgan fingerprint density at radius 3 is 3.06 bits per heavy atom. The second-order valence-corrected chi connectivity index (χ2v) is 5.46. The van der Waals surface area contributed by atoms with Gasteiger partial charge in [0.15, 0.2) is 0 Å². The van der Waals surface area contributed by atoms with Gasteiger partial charge in [-0.2, -0.15) is 0 Å². The Morgan fingerprint density at radius 2 is 2.22 bits per heavy atom. The topological polar surface area (TPSA) is 24.5 Å². The smallest absolute Gasteiger partial charge is 0.0622 e. The number of anilines is 1. The maximum absolute atomic E-state index is 5.48. The molecule has 0 aromatic heterocycles. The Labute approximate surface area is 109 Å². The summed E-state index contributed by atoms with van der Waals surface area (Å²) in [5.74, 6) is 0.660. The zero-order valence-corrected chi connectivity index (χ0v) is 11.1. The number of nitrogens with one attached hydrogen (secondary N) is 1. The van der Waals surface area contributed by atoms with Crippen LogP contribution in [-0.4, -0.2) is 44.3 Å². The van der Waals surface area contributed by atoms with Crippen LogP contribution >= 0.6 is 0 Å².